The van der Waals surface area contributed by atoms with Gasteiger partial charge in [-0.3, -0.25) is 9.79 Å². The second-order valence-electron chi connectivity index (χ2n) is 4.18. The van der Waals surface area contributed by atoms with Crippen molar-refractivity contribution in [3.63, 3.8) is 0 Å². The second-order valence-corrected chi connectivity index (χ2v) is 5.13. The fourth-order valence-electron chi connectivity index (χ4n) is 1.58. The number of hydrogen-bond donors (Lipinski definition) is 0. The molecule has 2 rings (SSSR count). The van der Waals surface area contributed by atoms with E-state index >= 15 is 0 Å². The molecule has 0 aliphatic rings. The van der Waals surface area contributed by atoms with Crippen LogP contribution in [0.15, 0.2) is 40.7 Å². The van der Waals surface area contributed by atoms with Gasteiger partial charge in [0.2, 0.25) is 0 Å². The van der Waals surface area contributed by atoms with E-state index in [-0.39, 0.29) is 5.78 Å². The first-order valence-corrected chi connectivity index (χ1v) is 6.71. The SMILES string of the molecule is Cc1ccc(N=CCC(=O)c2cccs2)cc1C. The molecule has 1 aromatic heterocycles. The van der Waals surface area contributed by atoms with E-state index in [2.05, 4.69) is 18.8 Å². The third-order valence-corrected chi connectivity index (χ3v) is 3.71. The van der Waals surface area contributed by atoms with E-state index in [0.29, 0.717) is 6.42 Å². The Balaban J connectivity index is 1.99. The van der Waals surface area contributed by atoms with Gasteiger partial charge in [-0.2, -0.15) is 0 Å². The van der Waals surface area contributed by atoms with Gasteiger partial charge in [0.1, 0.15) is 0 Å². The Morgan fingerprint density at radius 3 is 2.78 bits per heavy atom. The lowest BCUT2D eigenvalue weighted by molar-refractivity contribution is 0.101. The first-order valence-electron chi connectivity index (χ1n) is 5.83. The number of aryl methyl sites for hydroxylation is 2. The van der Waals surface area contributed by atoms with Crippen LogP contribution in [0.5, 0.6) is 0 Å². The number of benzene rings is 1. The zero-order chi connectivity index (χ0) is 13.0. The summed E-state index contributed by atoms with van der Waals surface area (Å²) in [6, 6.07) is 9.77. The molecule has 0 N–H and O–H groups in total. The molecule has 92 valence electrons. The molecule has 0 saturated heterocycles. The molecule has 0 fully saturated rings. The van der Waals surface area contributed by atoms with Gasteiger partial charge in [-0.1, -0.05) is 12.1 Å². The van der Waals surface area contributed by atoms with Crippen LogP contribution in [0.2, 0.25) is 0 Å². The van der Waals surface area contributed by atoms with Gasteiger partial charge in [0.25, 0.3) is 0 Å². The van der Waals surface area contributed by atoms with Gasteiger partial charge >= 0.3 is 0 Å². The largest absolute Gasteiger partial charge is 0.293 e. The molecule has 0 spiro atoms. The van der Waals surface area contributed by atoms with Gasteiger partial charge in [0.15, 0.2) is 5.78 Å². The Morgan fingerprint density at radius 1 is 1.28 bits per heavy atom. The Kier molecular flexibility index (Phi) is 4.05. The molecular formula is C15H15NOS. The van der Waals surface area contributed by atoms with Crippen molar-refractivity contribution in [1.82, 2.24) is 0 Å². The number of nitrogens with zero attached hydrogens (tertiary/aromatic N) is 1. The van der Waals surface area contributed by atoms with Crippen LogP contribution in [0.25, 0.3) is 0 Å². The highest BCUT2D eigenvalue weighted by atomic mass is 32.1. The van der Waals surface area contributed by atoms with Gasteiger partial charge in [-0.15, -0.1) is 11.3 Å². The highest BCUT2D eigenvalue weighted by molar-refractivity contribution is 7.12. The molecule has 1 aromatic carbocycles. The normalized spacial score (nSPS) is 11.0. The maximum atomic E-state index is 11.7. The van der Waals surface area contributed by atoms with Crippen molar-refractivity contribution >= 4 is 29.0 Å². The zero-order valence-corrected chi connectivity index (χ0v) is 11.3. The molecule has 1 heterocycles. The highest BCUT2D eigenvalue weighted by Crippen LogP contribution is 2.17. The first-order chi connectivity index (χ1) is 8.66. The molecule has 0 aliphatic carbocycles. The minimum atomic E-state index is 0.123. The van der Waals surface area contributed by atoms with Crippen LogP contribution in [0.1, 0.15) is 27.2 Å². The van der Waals surface area contributed by atoms with E-state index in [1.807, 2.05) is 35.7 Å². The molecule has 0 atom stereocenters. The molecule has 0 saturated carbocycles. The van der Waals surface area contributed by atoms with Gasteiger partial charge in [-0.25, -0.2) is 0 Å². The van der Waals surface area contributed by atoms with E-state index in [9.17, 15) is 4.79 Å². The second kappa shape index (κ2) is 5.74. The van der Waals surface area contributed by atoms with Gasteiger partial charge in [0, 0.05) is 12.6 Å². The number of carbonyl (C=O) groups is 1. The average Bonchev–Trinajstić information content (AvgIpc) is 2.87. The molecule has 0 bridgehead atoms. The van der Waals surface area contributed by atoms with E-state index in [4.69, 9.17) is 0 Å². The predicted molar refractivity (Wildman–Crippen MR) is 77.3 cm³/mol. The molecule has 0 unspecified atom stereocenters. The monoisotopic (exact) mass is 257 g/mol. The lowest BCUT2D eigenvalue weighted by atomic mass is 10.1. The molecular weight excluding hydrogens is 242 g/mol. The molecule has 0 amide bonds. The lowest BCUT2D eigenvalue weighted by Gasteiger charge is -2.00. The Hall–Kier alpha value is -1.74. The van der Waals surface area contributed by atoms with Crippen LogP contribution in [0.3, 0.4) is 0 Å². The van der Waals surface area contributed by atoms with Crippen LogP contribution < -0.4 is 0 Å². The Bertz CT molecular complexity index is 570. The number of ketones is 1. The van der Waals surface area contributed by atoms with Crippen LogP contribution in [0, 0.1) is 13.8 Å². The van der Waals surface area contributed by atoms with E-state index in [0.717, 1.165) is 10.6 Å². The van der Waals surface area contributed by atoms with E-state index < -0.39 is 0 Å². The van der Waals surface area contributed by atoms with Crippen molar-refractivity contribution in [2.24, 2.45) is 4.99 Å². The Labute approximate surface area is 111 Å². The van der Waals surface area contributed by atoms with Crippen molar-refractivity contribution in [2.45, 2.75) is 20.3 Å². The summed E-state index contributed by atoms with van der Waals surface area (Å²) in [5.41, 5.74) is 3.37. The number of rotatable bonds is 4. The number of carbonyl (C=O) groups excluding carboxylic acids is 1. The molecule has 2 nitrogen and oxygen atoms in total. The number of Topliss-reactive ketones (excluding diaryl/α,β-unsaturated/α-hetero) is 1. The molecule has 0 aliphatic heterocycles. The first kappa shape index (κ1) is 12.7. The van der Waals surface area contributed by atoms with Crippen LogP contribution in [0.4, 0.5) is 5.69 Å². The molecule has 18 heavy (non-hydrogen) atoms. The third-order valence-electron chi connectivity index (χ3n) is 2.80. The summed E-state index contributed by atoms with van der Waals surface area (Å²) >= 11 is 1.47. The quantitative estimate of drug-likeness (QED) is 0.591. The summed E-state index contributed by atoms with van der Waals surface area (Å²) in [7, 11) is 0. The topological polar surface area (TPSA) is 29.4 Å². The smallest absolute Gasteiger partial charge is 0.178 e. The zero-order valence-electron chi connectivity index (χ0n) is 10.5. The summed E-state index contributed by atoms with van der Waals surface area (Å²) in [6.45, 7) is 4.13. The molecule has 0 radical (unpaired) electrons. The standard InChI is InChI=1S/C15H15NOS/c1-11-5-6-13(10-12(11)2)16-8-7-14(17)15-4-3-9-18-15/h3-6,8-10H,7H2,1-2H3. The van der Waals surface area contributed by atoms with Crippen molar-refractivity contribution in [1.29, 1.82) is 0 Å². The fraction of sp³-hybridized carbons (Fsp3) is 0.200. The van der Waals surface area contributed by atoms with Crippen LogP contribution in [-0.2, 0) is 0 Å². The minimum Gasteiger partial charge on any atom is -0.293 e. The maximum absolute atomic E-state index is 11.7. The van der Waals surface area contributed by atoms with Gasteiger partial charge in [0.05, 0.1) is 10.6 Å². The number of hydrogen-bond acceptors (Lipinski definition) is 3. The average molecular weight is 257 g/mol. The Morgan fingerprint density at radius 2 is 2.11 bits per heavy atom. The van der Waals surface area contributed by atoms with Gasteiger partial charge < -0.3 is 0 Å². The third kappa shape index (κ3) is 3.14. The minimum absolute atomic E-state index is 0.123. The summed E-state index contributed by atoms with van der Waals surface area (Å²) in [4.78, 5) is 16.8. The number of aliphatic imine (C=N–C) groups is 1. The van der Waals surface area contributed by atoms with Crippen LogP contribution >= 0.6 is 11.3 Å². The van der Waals surface area contributed by atoms with E-state index in [1.54, 1.807) is 6.21 Å². The van der Waals surface area contributed by atoms with Crippen molar-refractivity contribution in [2.75, 3.05) is 0 Å². The van der Waals surface area contributed by atoms with Crippen molar-refractivity contribution in [3.05, 3.63) is 51.7 Å². The summed E-state index contributed by atoms with van der Waals surface area (Å²) < 4.78 is 0. The fourth-order valence-corrected chi connectivity index (χ4v) is 2.25. The maximum Gasteiger partial charge on any atom is 0.178 e. The summed E-state index contributed by atoms with van der Waals surface area (Å²) in [6.07, 6.45) is 2.04. The van der Waals surface area contributed by atoms with Crippen molar-refractivity contribution < 1.29 is 4.79 Å². The van der Waals surface area contributed by atoms with Crippen molar-refractivity contribution in [3.8, 4) is 0 Å². The molecule has 2 aromatic rings. The van der Waals surface area contributed by atoms with E-state index in [1.165, 1.54) is 22.5 Å². The molecule has 3 heteroatoms. The number of thiophene rings is 1. The predicted octanol–water partition coefficient (Wildman–Crippen LogP) is 4.34. The highest BCUT2D eigenvalue weighted by Gasteiger charge is 2.04. The van der Waals surface area contributed by atoms with Gasteiger partial charge in [-0.05, 0) is 48.6 Å². The lowest BCUT2D eigenvalue weighted by Crippen LogP contribution is -1.95. The summed E-state index contributed by atoms with van der Waals surface area (Å²) in [5, 5.41) is 1.91. The van der Waals surface area contributed by atoms with Crippen LogP contribution in [-0.4, -0.2) is 12.0 Å². The summed E-state index contributed by atoms with van der Waals surface area (Å²) in [5.74, 6) is 0.123.